The number of rotatable bonds is 4. The Hall–Kier alpha value is -1.10. The Labute approximate surface area is 89.8 Å². The van der Waals surface area contributed by atoms with E-state index in [1.54, 1.807) is 6.92 Å². The normalized spacial score (nSPS) is 27.3. The molecule has 5 nitrogen and oxygen atoms in total. The lowest BCUT2D eigenvalue weighted by Gasteiger charge is -2.18. The fraction of sp³-hybridized carbons (Fsp3) is 0.800. The molecule has 1 saturated heterocycles. The van der Waals surface area contributed by atoms with E-state index in [1.165, 1.54) is 0 Å². The number of primary amides is 1. The molecule has 5 heteroatoms. The lowest BCUT2D eigenvalue weighted by molar-refractivity contribution is -0.126. The van der Waals surface area contributed by atoms with E-state index < -0.39 is 0 Å². The molecule has 1 heterocycles. The lowest BCUT2D eigenvalue weighted by atomic mass is 10.0. The Kier molecular flexibility index (Phi) is 4.08. The van der Waals surface area contributed by atoms with E-state index in [4.69, 9.17) is 5.73 Å². The summed E-state index contributed by atoms with van der Waals surface area (Å²) in [6.45, 7) is 4.66. The first-order valence-corrected chi connectivity index (χ1v) is 5.32. The highest BCUT2D eigenvalue weighted by Gasteiger charge is 2.29. The summed E-state index contributed by atoms with van der Waals surface area (Å²) in [4.78, 5) is 22.4. The SMILES string of the molecule is CC(CC(N)=O)NC(=O)C1CCNC1C. The molecule has 1 aliphatic heterocycles. The Morgan fingerprint density at radius 1 is 1.60 bits per heavy atom. The zero-order valence-electron chi connectivity index (χ0n) is 9.25. The summed E-state index contributed by atoms with van der Waals surface area (Å²) < 4.78 is 0. The molecule has 1 aliphatic rings. The van der Waals surface area contributed by atoms with Gasteiger partial charge in [0.1, 0.15) is 0 Å². The molecule has 2 amide bonds. The number of nitrogens with one attached hydrogen (secondary N) is 2. The molecule has 1 fully saturated rings. The van der Waals surface area contributed by atoms with E-state index >= 15 is 0 Å². The van der Waals surface area contributed by atoms with Crippen molar-refractivity contribution in [3.8, 4) is 0 Å². The number of amides is 2. The maximum absolute atomic E-state index is 11.7. The molecule has 3 unspecified atom stereocenters. The summed E-state index contributed by atoms with van der Waals surface area (Å²) in [6, 6.07) is 0.0357. The third-order valence-electron chi connectivity index (χ3n) is 2.76. The van der Waals surface area contributed by atoms with Gasteiger partial charge in [-0.25, -0.2) is 0 Å². The van der Waals surface area contributed by atoms with Crippen LogP contribution in [0.4, 0.5) is 0 Å². The number of carbonyl (C=O) groups is 2. The van der Waals surface area contributed by atoms with Gasteiger partial charge in [-0.15, -0.1) is 0 Å². The van der Waals surface area contributed by atoms with E-state index in [1.807, 2.05) is 6.92 Å². The molecular weight excluding hydrogens is 194 g/mol. The van der Waals surface area contributed by atoms with E-state index in [-0.39, 0.29) is 36.2 Å². The minimum Gasteiger partial charge on any atom is -0.370 e. The summed E-state index contributed by atoms with van der Waals surface area (Å²) >= 11 is 0. The van der Waals surface area contributed by atoms with Gasteiger partial charge in [-0.3, -0.25) is 9.59 Å². The highest BCUT2D eigenvalue weighted by Crippen LogP contribution is 2.15. The fourth-order valence-corrected chi connectivity index (χ4v) is 1.92. The highest BCUT2D eigenvalue weighted by atomic mass is 16.2. The first-order chi connectivity index (χ1) is 7.00. The van der Waals surface area contributed by atoms with Gasteiger partial charge in [0.15, 0.2) is 0 Å². The van der Waals surface area contributed by atoms with Crippen LogP contribution >= 0.6 is 0 Å². The van der Waals surface area contributed by atoms with Gasteiger partial charge in [0.25, 0.3) is 0 Å². The van der Waals surface area contributed by atoms with Crippen molar-refractivity contribution in [1.82, 2.24) is 10.6 Å². The molecular formula is C10H19N3O2. The second kappa shape index (κ2) is 5.11. The van der Waals surface area contributed by atoms with Crippen LogP contribution in [0, 0.1) is 5.92 Å². The van der Waals surface area contributed by atoms with Crippen molar-refractivity contribution in [2.75, 3.05) is 6.54 Å². The molecule has 0 aromatic rings. The van der Waals surface area contributed by atoms with Crippen LogP contribution in [0.3, 0.4) is 0 Å². The average molecular weight is 213 g/mol. The van der Waals surface area contributed by atoms with Crippen molar-refractivity contribution < 1.29 is 9.59 Å². The molecule has 15 heavy (non-hydrogen) atoms. The van der Waals surface area contributed by atoms with Crippen molar-refractivity contribution in [2.45, 2.75) is 38.8 Å². The van der Waals surface area contributed by atoms with Crippen LogP contribution in [0.15, 0.2) is 0 Å². The van der Waals surface area contributed by atoms with Crippen molar-refractivity contribution >= 4 is 11.8 Å². The van der Waals surface area contributed by atoms with Gasteiger partial charge in [0.05, 0.1) is 5.92 Å². The van der Waals surface area contributed by atoms with E-state index in [0.29, 0.717) is 0 Å². The van der Waals surface area contributed by atoms with Crippen molar-refractivity contribution in [3.05, 3.63) is 0 Å². The molecule has 86 valence electrons. The van der Waals surface area contributed by atoms with E-state index in [2.05, 4.69) is 10.6 Å². The van der Waals surface area contributed by atoms with Gasteiger partial charge in [-0.2, -0.15) is 0 Å². The summed E-state index contributed by atoms with van der Waals surface area (Å²) in [5, 5.41) is 6.02. The molecule has 0 saturated carbocycles. The molecule has 0 aromatic carbocycles. The number of hydrogen-bond acceptors (Lipinski definition) is 3. The topological polar surface area (TPSA) is 84.2 Å². The van der Waals surface area contributed by atoms with E-state index in [9.17, 15) is 9.59 Å². The first-order valence-electron chi connectivity index (χ1n) is 5.32. The number of hydrogen-bond donors (Lipinski definition) is 3. The molecule has 0 aromatic heterocycles. The predicted octanol–water partition coefficient (Wildman–Crippen LogP) is -0.635. The second-order valence-electron chi connectivity index (χ2n) is 4.22. The lowest BCUT2D eigenvalue weighted by Crippen LogP contribution is -2.42. The summed E-state index contributed by atoms with van der Waals surface area (Å²) in [7, 11) is 0. The number of nitrogens with two attached hydrogens (primary N) is 1. The Bertz CT molecular complexity index is 255. The quantitative estimate of drug-likeness (QED) is 0.581. The molecule has 3 atom stereocenters. The molecule has 0 spiro atoms. The van der Waals surface area contributed by atoms with Gasteiger partial charge in [0, 0.05) is 18.5 Å². The highest BCUT2D eigenvalue weighted by molar-refractivity contribution is 5.81. The minimum atomic E-state index is -0.389. The molecule has 0 radical (unpaired) electrons. The van der Waals surface area contributed by atoms with Crippen LogP contribution in [0.25, 0.3) is 0 Å². The zero-order valence-corrected chi connectivity index (χ0v) is 9.25. The van der Waals surface area contributed by atoms with Gasteiger partial charge in [-0.05, 0) is 26.8 Å². The van der Waals surface area contributed by atoms with Crippen molar-refractivity contribution in [1.29, 1.82) is 0 Å². The molecule has 4 N–H and O–H groups in total. The minimum absolute atomic E-state index is 0.0142. The Morgan fingerprint density at radius 2 is 2.27 bits per heavy atom. The zero-order chi connectivity index (χ0) is 11.4. The molecule has 0 bridgehead atoms. The van der Waals surface area contributed by atoms with Gasteiger partial charge in [-0.1, -0.05) is 0 Å². The largest absolute Gasteiger partial charge is 0.370 e. The summed E-state index contributed by atoms with van der Waals surface area (Å²) in [5.74, 6) is -0.359. The van der Waals surface area contributed by atoms with Crippen LogP contribution in [-0.2, 0) is 9.59 Å². The summed E-state index contributed by atoms with van der Waals surface area (Å²) in [6.07, 6.45) is 1.05. The van der Waals surface area contributed by atoms with Crippen LogP contribution in [0.1, 0.15) is 26.7 Å². The van der Waals surface area contributed by atoms with Crippen LogP contribution in [0.2, 0.25) is 0 Å². The standard InChI is InChI=1S/C10H19N3O2/c1-6(5-9(11)14)13-10(15)8-3-4-12-7(8)2/h6-8,12H,3-5H2,1-2H3,(H2,11,14)(H,13,15). The molecule has 1 rings (SSSR count). The van der Waals surface area contributed by atoms with Crippen LogP contribution < -0.4 is 16.4 Å². The van der Waals surface area contributed by atoms with Crippen molar-refractivity contribution in [2.24, 2.45) is 11.7 Å². The maximum Gasteiger partial charge on any atom is 0.224 e. The Morgan fingerprint density at radius 3 is 2.73 bits per heavy atom. The third-order valence-corrected chi connectivity index (χ3v) is 2.76. The summed E-state index contributed by atoms with van der Waals surface area (Å²) in [5.41, 5.74) is 5.05. The maximum atomic E-state index is 11.7. The van der Waals surface area contributed by atoms with Gasteiger partial charge >= 0.3 is 0 Å². The number of carbonyl (C=O) groups excluding carboxylic acids is 2. The predicted molar refractivity (Wildman–Crippen MR) is 57.0 cm³/mol. The smallest absolute Gasteiger partial charge is 0.224 e. The second-order valence-corrected chi connectivity index (χ2v) is 4.22. The first kappa shape index (κ1) is 12.0. The van der Waals surface area contributed by atoms with Crippen molar-refractivity contribution in [3.63, 3.8) is 0 Å². The van der Waals surface area contributed by atoms with Gasteiger partial charge < -0.3 is 16.4 Å². The Balaban J connectivity index is 2.37. The average Bonchev–Trinajstić information content (AvgIpc) is 2.49. The van der Waals surface area contributed by atoms with Crippen LogP contribution in [0.5, 0.6) is 0 Å². The van der Waals surface area contributed by atoms with Gasteiger partial charge in [0.2, 0.25) is 11.8 Å². The van der Waals surface area contributed by atoms with E-state index in [0.717, 1.165) is 13.0 Å². The third kappa shape index (κ3) is 3.51. The molecule has 0 aliphatic carbocycles. The fourth-order valence-electron chi connectivity index (χ4n) is 1.92. The van der Waals surface area contributed by atoms with Crippen LogP contribution in [-0.4, -0.2) is 30.4 Å². The monoisotopic (exact) mass is 213 g/mol.